The standard InChI is InChI=1S/C23H26O8S/c1-14(24)29-13-22(31-19-9-7-6-8-18(19)27-4)23(32-16(3)26)17-10-11-20(30-15(2)25)21(12-17)28-5/h6-12,22-23H,13H2,1-5H3. The quantitative estimate of drug-likeness (QED) is 0.384. The molecule has 172 valence electrons. The van der Waals surface area contributed by atoms with E-state index in [4.69, 9.17) is 23.7 Å². The first kappa shape index (κ1) is 25.1. The van der Waals surface area contributed by atoms with Crippen molar-refractivity contribution < 1.29 is 38.1 Å². The molecule has 0 aliphatic rings. The Hall–Kier alpha value is -3.20. The van der Waals surface area contributed by atoms with Gasteiger partial charge in [-0.25, -0.2) is 0 Å². The van der Waals surface area contributed by atoms with E-state index in [0.29, 0.717) is 22.8 Å². The number of hydrogen-bond donors (Lipinski definition) is 0. The number of para-hydroxylation sites is 2. The Morgan fingerprint density at radius 2 is 1.50 bits per heavy atom. The summed E-state index contributed by atoms with van der Waals surface area (Å²) < 4.78 is 27.3. The van der Waals surface area contributed by atoms with E-state index in [0.717, 1.165) is 11.8 Å². The molecule has 32 heavy (non-hydrogen) atoms. The van der Waals surface area contributed by atoms with Crippen LogP contribution in [-0.2, 0) is 19.1 Å². The van der Waals surface area contributed by atoms with E-state index in [-0.39, 0.29) is 17.5 Å². The summed E-state index contributed by atoms with van der Waals surface area (Å²) >= 11 is 1.02. The molecule has 0 fully saturated rings. The second-order valence-corrected chi connectivity index (χ2v) is 7.96. The summed E-state index contributed by atoms with van der Waals surface area (Å²) in [6, 6.07) is 12.0. The van der Waals surface area contributed by atoms with Gasteiger partial charge in [0.25, 0.3) is 0 Å². The molecule has 0 amide bonds. The molecule has 0 bridgehead atoms. The zero-order valence-corrected chi connectivity index (χ0v) is 19.4. The molecule has 0 N–H and O–H groups in total. The van der Waals surface area contributed by atoms with Gasteiger partial charge in [-0.1, -0.05) is 30.0 Å². The average Bonchev–Trinajstić information content (AvgIpc) is 2.75. The minimum absolute atomic E-state index is 0.105. The van der Waals surface area contributed by atoms with Crippen molar-refractivity contribution in [2.45, 2.75) is 32.1 Å². The maximum atomic E-state index is 12.1. The minimum atomic E-state index is -0.742. The molecule has 0 saturated carbocycles. The van der Waals surface area contributed by atoms with E-state index in [1.807, 2.05) is 0 Å². The average molecular weight is 463 g/mol. The van der Waals surface area contributed by atoms with Crippen molar-refractivity contribution in [3.05, 3.63) is 48.0 Å². The third-order valence-electron chi connectivity index (χ3n) is 4.20. The van der Waals surface area contributed by atoms with Crippen molar-refractivity contribution >= 4 is 28.8 Å². The first-order chi connectivity index (χ1) is 15.2. The van der Waals surface area contributed by atoms with Gasteiger partial charge in [-0.3, -0.25) is 14.4 Å². The maximum Gasteiger partial charge on any atom is 0.308 e. The predicted molar refractivity (Wildman–Crippen MR) is 119 cm³/mol. The highest BCUT2D eigenvalue weighted by Crippen LogP contribution is 2.40. The second-order valence-electron chi connectivity index (χ2n) is 6.64. The molecule has 0 spiro atoms. The third-order valence-corrected chi connectivity index (χ3v) is 5.36. The second kappa shape index (κ2) is 12.0. The summed E-state index contributed by atoms with van der Waals surface area (Å²) in [7, 11) is 2.96. The fraction of sp³-hybridized carbons (Fsp3) is 0.348. The number of hydrogen-bond acceptors (Lipinski definition) is 9. The number of thioether (sulfide) groups is 1. The molecule has 2 aromatic carbocycles. The highest BCUT2D eigenvalue weighted by Gasteiger charge is 2.30. The molecular formula is C23H26O8S. The number of esters is 2. The molecule has 9 heteroatoms. The van der Waals surface area contributed by atoms with Crippen molar-refractivity contribution in [2.24, 2.45) is 0 Å². The van der Waals surface area contributed by atoms with Crippen LogP contribution in [-0.4, -0.2) is 44.0 Å². The lowest BCUT2D eigenvalue weighted by atomic mass is 10.1. The van der Waals surface area contributed by atoms with Crippen LogP contribution in [0.4, 0.5) is 0 Å². The number of rotatable bonds is 10. The lowest BCUT2D eigenvalue weighted by molar-refractivity contribution is -0.143. The molecule has 0 heterocycles. The van der Waals surface area contributed by atoms with Gasteiger partial charge in [-0.2, -0.15) is 0 Å². The number of benzene rings is 2. The Kier molecular flexibility index (Phi) is 9.39. The smallest absolute Gasteiger partial charge is 0.308 e. The zero-order valence-electron chi connectivity index (χ0n) is 18.6. The fourth-order valence-corrected chi connectivity index (χ4v) is 3.83. The Bertz CT molecular complexity index is 959. The third kappa shape index (κ3) is 7.19. The van der Waals surface area contributed by atoms with Gasteiger partial charge in [0.15, 0.2) is 28.1 Å². The lowest BCUT2D eigenvalue weighted by Crippen LogP contribution is -2.30. The summed E-state index contributed by atoms with van der Waals surface area (Å²) in [5, 5.41) is -0.730. The predicted octanol–water partition coefficient (Wildman–Crippen LogP) is 3.96. The van der Waals surface area contributed by atoms with Crippen molar-refractivity contribution in [3.8, 4) is 23.0 Å². The van der Waals surface area contributed by atoms with Crippen LogP contribution in [0.25, 0.3) is 0 Å². The van der Waals surface area contributed by atoms with Gasteiger partial charge in [0.2, 0.25) is 0 Å². The van der Waals surface area contributed by atoms with Gasteiger partial charge in [-0.15, -0.1) is 0 Å². The van der Waals surface area contributed by atoms with E-state index < -0.39 is 23.3 Å². The Morgan fingerprint density at radius 3 is 2.06 bits per heavy atom. The van der Waals surface area contributed by atoms with E-state index >= 15 is 0 Å². The normalized spacial score (nSPS) is 12.3. The zero-order chi connectivity index (χ0) is 23.7. The van der Waals surface area contributed by atoms with Crippen molar-refractivity contribution in [2.75, 3.05) is 20.8 Å². The van der Waals surface area contributed by atoms with Crippen LogP contribution in [0.1, 0.15) is 31.6 Å². The van der Waals surface area contributed by atoms with Crippen LogP contribution in [0.15, 0.2) is 42.5 Å². The van der Waals surface area contributed by atoms with Crippen LogP contribution in [0, 0.1) is 0 Å². The Morgan fingerprint density at radius 1 is 0.844 bits per heavy atom. The molecule has 8 nitrogen and oxygen atoms in total. The van der Waals surface area contributed by atoms with Crippen LogP contribution < -0.4 is 18.9 Å². The number of methoxy groups -OCH3 is 2. The van der Waals surface area contributed by atoms with Crippen LogP contribution in [0.3, 0.4) is 0 Å². The molecule has 0 radical (unpaired) electrons. The van der Waals surface area contributed by atoms with Gasteiger partial charge < -0.3 is 23.7 Å². The summed E-state index contributed by atoms with van der Waals surface area (Å²) in [6.07, 6.45) is -0.742. The highest BCUT2D eigenvalue weighted by atomic mass is 32.2. The van der Waals surface area contributed by atoms with Crippen LogP contribution in [0.5, 0.6) is 23.0 Å². The van der Waals surface area contributed by atoms with Gasteiger partial charge >= 0.3 is 11.9 Å². The lowest BCUT2D eigenvalue weighted by Gasteiger charge is -2.28. The summed E-state index contributed by atoms with van der Waals surface area (Å²) in [5.41, 5.74) is 0.657. The monoisotopic (exact) mass is 462 g/mol. The van der Waals surface area contributed by atoms with E-state index in [2.05, 4.69) is 0 Å². The van der Waals surface area contributed by atoms with Crippen molar-refractivity contribution in [3.63, 3.8) is 0 Å². The molecule has 2 aromatic rings. The number of carbonyl (C=O) groups is 3. The topological polar surface area (TPSA) is 97.4 Å². The van der Waals surface area contributed by atoms with Gasteiger partial charge in [-0.05, 0) is 29.8 Å². The van der Waals surface area contributed by atoms with Gasteiger partial charge in [0.05, 0.1) is 19.5 Å². The van der Waals surface area contributed by atoms with Crippen molar-refractivity contribution in [1.82, 2.24) is 0 Å². The molecule has 0 aromatic heterocycles. The van der Waals surface area contributed by atoms with Gasteiger partial charge in [0.1, 0.15) is 12.7 Å². The molecule has 0 aliphatic carbocycles. The van der Waals surface area contributed by atoms with Crippen LogP contribution >= 0.6 is 11.8 Å². The SMILES string of the molecule is COc1cc(C(SC(C)=O)C(COC(C)=O)Oc2ccccc2OC)ccc1OC(C)=O. The van der Waals surface area contributed by atoms with Gasteiger partial charge in [0, 0.05) is 20.8 Å². The van der Waals surface area contributed by atoms with Crippen molar-refractivity contribution in [1.29, 1.82) is 0 Å². The first-order valence-corrected chi connectivity index (χ1v) is 10.6. The molecular weight excluding hydrogens is 436 g/mol. The molecule has 2 atom stereocenters. The molecule has 2 rings (SSSR count). The summed E-state index contributed by atoms with van der Waals surface area (Å²) in [4.78, 5) is 35.0. The maximum absolute atomic E-state index is 12.1. The largest absolute Gasteiger partial charge is 0.493 e. The number of carbonyl (C=O) groups excluding carboxylic acids is 3. The molecule has 2 unspecified atom stereocenters. The summed E-state index contributed by atoms with van der Waals surface area (Å²) in [6.45, 7) is 3.92. The number of ether oxygens (including phenoxy) is 5. The van der Waals surface area contributed by atoms with E-state index in [1.165, 1.54) is 35.0 Å². The Labute approximate surface area is 191 Å². The minimum Gasteiger partial charge on any atom is -0.493 e. The molecule has 0 saturated heterocycles. The van der Waals surface area contributed by atoms with E-state index in [1.54, 1.807) is 42.5 Å². The Balaban J connectivity index is 2.49. The fourth-order valence-electron chi connectivity index (χ4n) is 2.90. The molecule has 0 aliphatic heterocycles. The van der Waals surface area contributed by atoms with Crippen LogP contribution in [0.2, 0.25) is 0 Å². The van der Waals surface area contributed by atoms with E-state index in [9.17, 15) is 14.4 Å². The first-order valence-electron chi connectivity index (χ1n) is 9.71. The summed E-state index contributed by atoms with van der Waals surface area (Å²) in [5.74, 6) is 0.526. The highest BCUT2D eigenvalue weighted by molar-refractivity contribution is 8.13.